The summed E-state index contributed by atoms with van der Waals surface area (Å²) in [5.74, 6) is 0.858. The highest BCUT2D eigenvalue weighted by molar-refractivity contribution is 5.19. The maximum absolute atomic E-state index is 3.96. The zero-order valence-corrected chi connectivity index (χ0v) is 13.3. The van der Waals surface area contributed by atoms with Gasteiger partial charge in [0.25, 0.3) is 0 Å². The highest BCUT2D eigenvalue weighted by atomic mass is 15.1. The summed E-state index contributed by atoms with van der Waals surface area (Å²) in [5.41, 5.74) is 1.42. The van der Waals surface area contributed by atoms with Gasteiger partial charge in [0.15, 0.2) is 0 Å². The average molecular weight is 274 g/mol. The van der Waals surface area contributed by atoms with E-state index in [2.05, 4.69) is 61.6 Å². The second-order valence-electron chi connectivity index (χ2n) is 6.45. The second kappa shape index (κ2) is 7.80. The van der Waals surface area contributed by atoms with Crippen LogP contribution < -0.4 is 5.32 Å². The first-order valence-corrected chi connectivity index (χ1v) is 8.16. The third-order valence-electron chi connectivity index (χ3n) is 4.60. The maximum Gasteiger partial charge on any atom is 0.0451 e. The quantitative estimate of drug-likeness (QED) is 0.847. The SMILES string of the molecule is CCC1CCCCC1NC(CN(C)C)c1ccccc1. The highest BCUT2D eigenvalue weighted by Gasteiger charge is 2.26. The molecule has 0 spiro atoms. The molecule has 20 heavy (non-hydrogen) atoms. The van der Waals surface area contributed by atoms with Gasteiger partial charge in [0.2, 0.25) is 0 Å². The molecular weight excluding hydrogens is 244 g/mol. The Labute approximate surface area is 124 Å². The van der Waals surface area contributed by atoms with Gasteiger partial charge in [-0.15, -0.1) is 0 Å². The lowest BCUT2D eigenvalue weighted by Gasteiger charge is -2.36. The van der Waals surface area contributed by atoms with Gasteiger partial charge in [-0.05, 0) is 38.4 Å². The third kappa shape index (κ3) is 4.32. The lowest BCUT2D eigenvalue weighted by atomic mass is 9.82. The summed E-state index contributed by atoms with van der Waals surface area (Å²) in [6.45, 7) is 3.41. The first-order chi connectivity index (χ1) is 9.70. The van der Waals surface area contributed by atoms with Crippen LogP contribution in [0.15, 0.2) is 30.3 Å². The second-order valence-corrected chi connectivity index (χ2v) is 6.45. The molecule has 0 radical (unpaired) electrons. The van der Waals surface area contributed by atoms with E-state index in [4.69, 9.17) is 0 Å². The van der Waals surface area contributed by atoms with Gasteiger partial charge in [0.1, 0.15) is 0 Å². The van der Waals surface area contributed by atoms with Crippen molar-refractivity contribution < 1.29 is 0 Å². The fourth-order valence-electron chi connectivity index (χ4n) is 3.48. The van der Waals surface area contributed by atoms with Crippen LogP contribution in [0, 0.1) is 5.92 Å². The van der Waals surface area contributed by atoms with Crippen molar-refractivity contribution in [3.05, 3.63) is 35.9 Å². The van der Waals surface area contributed by atoms with E-state index in [0.29, 0.717) is 12.1 Å². The Morgan fingerprint density at radius 1 is 1.15 bits per heavy atom. The summed E-state index contributed by atoms with van der Waals surface area (Å²) in [4.78, 5) is 2.29. The largest absolute Gasteiger partial charge is 0.308 e. The fourth-order valence-corrected chi connectivity index (χ4v) is 3.48. The normalized spacial score (nSPS) is 24.8. The third-order valence-corrected chi connectivity index (χ3v) is 4.60. The van der Waals surface area contributed by atoms with Crippen LogP contribution in [-0.2, 0) is 0 Å². The zero-order chi connectivity index (χ0) is 14.4. The number of rotatable bonds is 6. The first-order valence-electron chi connectivity index (χ1n) is 8.16. The average Bonchev–Trinajstić information content (AvgIpc) is 2.47. The molecule has 1 saturated carbocycles. The van der Waals surface area contributed by atoms with E-state index in [-0.39, 0.29) is 0 Å². The van der Waals surface area contributed by atoms with Gasteiger partial charge in [0.05, 0.1) is 0 Å². The molecule has 1 aliphatic rings. The number of benzene rings is 1. The van der Waals surface area contributed by atoms with E-state index in [1.807, 2.05) is 0 Å². The Bertz CT molecular complexity index is 374. The van der Waals surface area contributed by atoms with E-state index in [9.17, 15) is 0 Å². The molecule has 0 aromatic heterocycles. The van der Waals surface area contributed by atoms with Gasteiger partial charge in [-0.3, -0.25) is 0 Å². The van der Waals surface area contributed by atoms with Crippen LogP contribution in [0.3, 0.4) is 0 Å². The molecule has 1 aliphatic carbocycles. The number of nitrogens with zero attached hydrogens (tertiary/aromatic N) is 1. The molecule has 0 bridgehead atoms. The Hall–Kier alpha value is -0.860. The van der Waals surface area contributed by atoms with Crippen molar-refractivity contribution in [3.8, 4) is 0 Å². The lowest BCUT2D eigenvalue weighted by Crippen LogP contribution is -2.43. The maximum atomic E-state index is 3.96. The van der Waals surface area contributed by atoms with Crippen LogP contribution in [0.4, 0.5) is 0 Å². The summed E-state index contributed by atoms with van der Waals surface area (Å²) in [6.07, 6.45) is 6.85. The van der Waals surface area contributed by atoms with Crippen molar-refractivity contribution in [2.24, 2.45) is 5.92 Å². The van der Waals surface area contributed by atoms with Crippen LogP contribution >= 0.6 is 0 Å². The van der Waals surface area contributed by atoms with Crippen LogP contribution in [0.2, 0.25) is 0 Å². The molecule has 1 aromatic rings. The van der Waals surface area contributed by atoms with Crippen LogP contribution in [-0.4, -0.2) is 31.6 Å². The van der Waals surface area contributed by atoms with Gasteiger partial charge in [0, 0.05) is 18.6 Å². The molecule has 0 amide bonds. The van der Waals surface area contributed by atoms with Gasteiger partial charge < -0.3 is 10.2 Å². The molecule has 3 atom stereocenters. The predicted octanol–water partition coefficient (Wildman–Crippen LogP) is 3.85. The summed E-state index contributed by atoms with van der Waals surface area (Å²) in [6, 6.07) is 12.1. The van der Waals surface area contributed by atoms with Crippen molar-refractivity contribution in [3.63, 3.8) is 0 Å². The predicted molar refractivity (Wildman–Crippen MR) is 86.9 cm³/mol. The number of likely N-dealkylation sites (N-methyl/N-ethyl adjacent to an activating group) is 1. The molecule has 2 nitrogen and oxygen atoms in total. The van der Waals surface area contributed by atoms with E-state index >= 15 is 0 Å². The summed E-state index contributed by atoms with van der Waals surface area (Å²) >= 11 is 0. The van der Waals surface area contributed by atoms with Gasteiger partial charge >= 0.3 is 0 Å². The topological polar surface area (TPSA) is 15.3 Å². The van der Waals surface area contributed by atoms with Crippen molar-refractivity contribution in [1.29, 1.82) is 0 Å². The van der Waals surface area contributed by atoms with Crippen molar-refractivity contribution in [2.75, 3.05) is 20.6 Å². The van der Waals surface area contributed by atoms with Gasteiger partial charge in [-0.1, -0.05) is 56.5 Å². The van der Waals surface area contributed by atoms with Gasteiger partial charge in [-0.2, -0.15) is 0 Å². The van der Waals surface area contributed by atoms with Crippen LogP contribution in [0.5, 0.6) is 0 Å². The van der Waals surface area contributed by atoms with Crippen LogP contribution in [0.1, 0.15) is 50.6 Å². The summed E-state index contributed by atoms with van der Waals surface area (Å²) < 4.78 is 0. The molecule has 1 N–H and O–H groups in total. The standard InChI is InChI=1S/C18H30N2/c1-4-15-10-8-9-13-17(15)19-18(14-20(2)3)16-11-6-5-7-12-16/h5-7,11-12,15,17-19H,4,8-10,13-14H2,1-3H3. The lowest BCUT2D eigenvalue weighted by molar-refractivity contribution is 0.219. The molecule has 3 unspecified atom stereocenters. The Kier molecular flexibility index (Phi) is 6.06. The molecule has 112 valence electrons. The summed E-state index contributed by atoms with van der Waals surface area (Å²) in [7, 11) is 4.32. The van der Waals surface area contributed by atoms with Crippen LogP contribution in [0.25, 0.3) is 0 Å². The molecule has 0 saturated heterocycles. The zero-order valence-electron chi connectivity index (χ0n) is 13.3. The Morgan fingerprint density at radius 3 is 2.50 bits per heavy atom. The van der Waals surface area contributed by atoms with E-state index in [1.165, 1.54) is 37.7 Å². The minimum Gasteiger partial charge on any atom is -0.308 e. The monoisotopic (exact) mass is 274 g/mol. The summed E-state index contributed by atoms with van der Waals surface area (Å²) in [5, 5.41) is 3.96. The van der Waals surface area contributed by atoms with Crippen molar-refractivity contribution in [2.45, 2.75) is 51.1 Å². The molecule has 1 aromatic carbocycles. The number of nitrogens with one attached hydrogen (secondary N) is 1. The Morgan fingerprint density at radius 2 is 1.85 bits per heavy atom. The van der Waals surface area contributed by atoms with Crippen molar-refractivity contribution >= 4 is 0 Å². The molecule has 1 fully saturated rings. The number of hydrogen-bond acceptors (Lipinski definition) is 2. The number of hydrogen-bond donors (Lipinski definition) is 1. The highest BCUT2D eigenvalue weighted by Crippen LogP contribution is 2.29. The van der Waals surface area contributed by atoms with E-state index in [0.717, 1.165) is 12.5 Å². The smallest absolute Gasteiger partial charge is 0.0451 e. The first kappa shape index (κ1) is 15.5. The molecular formula is C18H30N2. The molecule has 0 aliphatic heterocycles. The Balaban J connectivity index is 2.07. The minimum atomic E-state index is 0.448. The minimum absolute atomic E-state index is 0.448. The molecule has 0 heterocycles. The van der Waals surface area contributed by atoms with Gasteiger partial charge in [-0.25, -0.2) is 0 Å². The van der Waals surface area contributed by atoms with Crippen molar-refractivity contribution in [1.82, 2.24) is 10.2 Å². The fraction of sp³-hybridized carbons (Fsp3) is 0.667. The molecule has 2 heteroatoms. The van der Waals surface area contributed by atoms with E-state index in [1.54, 1.807) is 0 Å². The van der Waals surface area contributed by atoms with E-state index < -0.39 is 0 Å². The molecule has 2 rings (SSSR count).